The Labute approximate surface area is 116 Å². The van der Waals surface area contributed by atoms with E-state index < -0.39 is 0 Å². The van der Waals surface area contributed by atoms with Gasteiger partial charge in [0.15, 0.2) is 10.6 Å². The van der Waals surface area contributed by atoms with Crippen LogP contribution in [0.2, 0.25) is 0 Å². The number of rotatable bonds is 2. The molecule has 18 heavy (non-hydrogen) atoms. The zero-order chi connectivity index (χ0) is 13.5. The fraction of sp³-hybridized carbons (Fsp3) is 0.583. The molecule has 0 aliphatic rings. The Morgan fingerprint density at radius 3 is 2.61 bits per heavy atom. The predicted molar refractivity (Wildman–Crippen MR) is 77.6 cm³/mol. The Morgan fingerprint density at radius 1 is 1.39 bits per heavy atom. The summed E-state index contributed by atoms with van der Waals surface area (Å²) in [6.45, 7) is 11.4. The lowest BCUT2D eigenvalue weighted by Crippen LogP contribution is -2.14. The summed E-state index contributed by atoms with van der Waals surface area (Å²) in [5, 5.41) is 8.29. The number of nitrogens with one attached hydrogen (secondary N) is 1. The van der Waals surface area contributed by atoms with E-state index in [0.717, 1.165) is 27.9 Å². The molecule has 2 aromatic heterocycles. The van der Waals surface area contributed by atoms with Crippen LogP contribution in [-0.2, 0) is 12.0 Å². The van der Waals surface area contributed by atoms with Gasteiger partial charge in [-0.1, -0.05) is 20.8 Å². The van der Waals surface area contributed by atoms with E-state index in [-0.39, 0.29) is 5.41 Å². The van der Waals surface area contributed by atoms with Crippen molar-refractivity contribution in [3.05, 3.63) is 15.5 Å². The smallest absolute Gasteiger partial charge is 0.195 e. The van der Waals surface area contributed by atoms with E-state index in [1.807, 2.05) is 11.5 Å². The number of aromatic nitrogens is 4. The van der Waals surface area contributed by atoms with E-state index in [4.69, 9.17) is 12.2 Å². The van der Waals surface area contributed by atoms with Gasteiger partial charge < -0.3 is 0 Å². The van der Waals surface area contributed by atoms with Gasteiger partial charge in [0.25, 0.3) is 0 Å². The van der Waals surface area contributed by atoms with Gasteiger partial charge in [-0.3, -0.25) is 9.67 Å². The summed E-state index contributed by atoms with van der Waals surface area (Å²) >= 11 is 6.92. The molecule has 98 valence electrons. The lowest BCUT2D eigenvalue weighted by molar-refractivity contribution is 0.572. The molecule has 0 aromatic carbocycles. The summed E-state index contributed by atoms with van der Waals surface area (Å²) in [5.41, 5.74) is 1.10. The average molecular weight is 282 g/mol. The fourth-order valence-electron chi connectivity index (χ4n) is 1.87. The highest BCUT2D eigenvalue weighted by atomic mass is 32.1. The minimum Gasteiger partial charge on any atom is -0.300 e. The lowest BCUT2D eigenvalue weighted by atomic mass is 9.91. The molecule has 0 bridgehead atoms. The molecule has 4 nitrogen and oxygen atoms in total. The van der Waals surface area contributed by atoms with Crippen molar-refractivity contribution < 1.29 is 0 Å². The van der Waals surface area contributed by atoms with Crippen LogP contribution in [0.15, 0.2) is 0 Å². The van der Waals surface area contributed by atoms with Gasteiger partial charge in [0.05, 0.1) is 15.6 Å². The largest absolute Gasteiger partial charge is 0.300 e. The molecule has 2 heterocycles. The highest BCUT2D eigenvalue weighted by molar-refractivity contribution is 7.71. The zero-order valence-corrected chi connectivity index (χ0v) is 13.0. The first-order valence-electron chi connectivity index (χ1n) is 5.98. The summed E-state index contributed by atoms with van der Waals surface area (Å²) in [6, 6.07) is 0. The topological polar surface area (TPSA) is 46.5 Å². The standard InChI is InChI=1S/C12H18N4S2/c1-6-16-10(14-15-11(16)17)8-9(12(3,4)5)13-7(2)18-8/h6H2,1-5H3,(H,15,17). The molecule has 0 amide bonds. The molecule has 0 unspecified atom stereocenters. The van der Waals surface area contributed by atoms with Crippen LogP contribution in [0, 0.1) is 11.7 Å². The maximum atomic E-state index is 5.24. The molecule has 1 N–H and O–H groups in total. The normalized spacial score (nSPS) is 12.1. The fourth-order valence-corrected chi connectivity index (χ4v) is 3.26. The molecule has 0 saturated heterocycles. The molecule has 2 aromatic rings. The number of aromatic amines is 1. The van der Waals surface area contributed by atoms with Gasteiger partial charge in [-0.2, -0.15) is 5.10 Å². The highest BCUT2D eigenvalue weighted by Crippen LogP contribution is 2.36. The summed E-state index contributed by atoms with van der Waals surface area (Å²) in [6.07, 6.45) is 0. The van der Waals surface area contributed by atoms with Crippen LogP contribution in [-0.4, -0.2) is 19.7 Å². The first-order valence-corrected chi connectivity index (χ1v) is 7.20. The molecule has 0 spiro atoms. The molecule has 0 saturated carbocycles. The first kappa shape index (κ1) is 13.4. The van der Waals surface area contributed by atoms with E-state index in [2.05, 4.69) is 42.9 Å². The minimum atomic E-state index is 0.00618. The predicted octanol–water partition coefficient (Wildman–Crippen LogP) is 3.69. The SMILES string of the molecule is CCn1c(-c2sc(C)nc2C(C)(C)C)n[nH]c1=S. The highest BCUT2D eigenvalue weighted by Gasteiger charge is 2.25. The Hall–Kier alpha value is -1.01. The Balaban J connectivity index is 2.68. The molecule has 0 radical (unpaired) electrons. The minimum absolute atomic E-state index is 0.00618. The summed E-state index contributed by atoms with van der Waals surface area (Å²) in [4.78, 5) is 5.78. The number of aryl methyl sites for hydroxylation is 1. The number of nitrogens with zero attached hydrogens (tertiary/aromatic N) is 3. The molecule has 6 heteroatoms. The van der Waals surface area contributed by atoms with Gasteiger partial charge in [-0.15, -0.1) is 11.3 Å². The number of hydrogen-bond acceptors (Lipinski definition) is 4. The second kappa shape index (κ2) is 4.59. The molecular formula is C12H18N4S2. The Kier molecular flexibility index (Phi) is 3.42. The van der Waals surface area contributed by atoms with E-state index in [0.29, 0.717) is 4.77 Å². The van der Waals surface area contributed by atoms with Gasteiger partial charge in [-0.05, 0) is 26.1 Å². The number of hydrogen-bond donors (Lipinski definition) is 1. The lowest BCUT2D eigenvalue weighted by Gasteiger charge is -2.17. The second-order valence-electron chi connectivity index (χ2n) is 5.26. The summed E-state index contributed by atoms with van der Waals surface area (Å²) in [7, 11) is 0. The van der Waals surface area contributed by atoms with Crippen molar-refractivity contribution in [3.63, 3.8) is 0 Å². The maximum absolute atomic E-state index is 5.24. The van der Waals surface area contributed by atoms with Crippen LogP contribution >= 0.6 is 23.6 Å². The van der Waals surface area contributed by atoms with E-state index >= 15 is 0 Å². The second-order valence-corrected chi connectivity index (χ2v) is 6.85. The van der Waals surface area contributed by atoms with Crippen molar-refractivity contribution >= 4 is 23.6 Å². The maximum Gasteiger partial charge on any atom is 0.195 e. The van der Waals surface area contributed by atoms with Crippen molar-refractivity contribution in [1.82, 2.24) is 19.7 Å². The molecule has 0 aliphatic heterocycles. The van der Waals surface area contributed by atoms with Crippen LogP contribution in [0.25, 0.3) is 10.7 Å². The van der Waals surface area contributed by atoms with Gasteiger partial charge in [-0.25, -0.2) is 4.98 Å². The molecule has 0 aliphatic carbocycles. The van der Waals surface area contributed by atoms with Crippen LogP contribution in [0.1, 0.15) is 38.4 Å². The van der Waals surface area contributed by atoms with Gasteiger partial charge in [0.1, 0.15) is 0 Å². The van der Waals surface area contributed by atoms with Crippen molar-refractivity contribution in [2.24, 2.45) is 0 Å². The third-order valence-corrected chi connectivity index (χ3v) is 4.00. The van der Waals surface area contributed by atoms with Crippen LogP contribution in [0.3, 0.4) is 0 Å². The summed E-state index contributed by atoms with van der Waals surface area (Å²) < 4.78 is 2.68. The van der Waals surface area contributed by atoms with Crippen molar-refractivity contribution in [2.75, 3.05) is 0 Å². The third kappa shape index (κ3) is 2.27. The van der Waals surface area contributed by atoms with Crippen molar-refractivity contribution in [2.45, 2.75) is 46.6 Å². The third-order valence-electron chi connectivity index (χ3n) is 2.72. The first-order chi connectivity index (χ1) is 8.34. The van der Waals surface area contributed by atoms with Crippen molar-refractivity contribution in [1.29, 1.82) is 0 Å². The quantitative estimate of drug-likeness (QED) is 0.855. The van der Waals surface area contributed by atoms with Crippen molar-refractivity contribution in [3.8, 4) is 10.7 Å². The van der Waals surface area contributed by atoms with Crippen LogP contribution < -0.4 is 0 Å². The Morgan fingerprint density at radius 2 is 2.06 bits per heavy atom. The van der Waals surface area contributed by atoms with Gasteiger partial charge in [0.2, 0.25) is 0 Å². The zero-order valence-electron chi connectivity index (χ0n) is 11.4. The molecular weight excluding hydrogens is 264 g/mol. The van der Waals surface area contributed by atoms with E-state index in [9.17, 15) is 0 Å². The average Bonchev–Trinajstić information content (AvgIpc) is 2.80. The van der Waals surface area contributed by atoms with Gasteiger partial charge >= 0.3 is 0 Å². The van der Waals surface area contributed by atoms with E-state index in [1.54, 1.807) is 11.3 Å². The Bertz CT molecular complexity index is 613. The summed E-state index contributed by atoms with van der Waals surface area (Å²) in [5.74, 6) is 0.901. The molecule has 0 atom stereocenters. The monoisotopic (exact) mass is 282 g/mol. The van der Waals surface area contributed by atoms with Crippen LogP contribution in [0.4, 0.5) is 0 Å². The molecule has 0 fully saturated rings. The number of H-pyrrole nitrogens is 1. The number of thiazole rings is 1. The molecule has 2 rings (SSSR count). The van der Waals surface area contributed by atoms with Crippen LogP contribution in [0.5, 0.6) is 0 Å². The van der Waals surface area contributed by atoms with Gasteiger partial charge in [0, 0.05) is 12.0 Å². The van der Waals surface area contributed by atoms with E-state index in [1.165, 1.54) is 0 Å².